The Kier molecular flexibility index (Phi) is 5.55. The number of ether oxygens (including phenoxy) is 2. The van der Waals surface area contributed by atoms with Crippen LogP contribution in [-0.2, 0) is 4.74 Å². The molecule has 3 aromatic rings. The number of anilines is 2. The minimum absolute atomic E-state index is 0.159. The zero-order chi connectivity index (χ0) is 19.2. The van der Waals surface area contributed by atoms with Gasteiger partial charge in [-0.15, -0.1) is 10.2 Å². The monoisotopic (exact) mass is 365 g/mol. The Morgan fingerprint density at radius 2 is 1.81 bits per heavy atom. The summed E-state index contributed by atoms with van der Waals surface area (Å²) in [5.41, 5.74) is 2.58. The zero-order valence-corrected chi connectivity index (χ0v) is 15.3. The molecule has 0 atom stereocenters. The third-order valence-corrected chi connectivity index (χ3v) is 3.43. The van der Waals surface area contributed by atoms with E-state index in [9.17, 15) is 4.79 Å². The lowest BCUT2D eigenvalue weighted by molar-refractivity contribution is 0.0518. The molecule has 3 rings (SSSR count). The minimum Gasteiger partial charge on any atom is -0.461 e. The number of carbonyl (C=O) groups excluding carboxylic acids is 1. The van der Waals surface area contributed by atoms with Crippen LogP contribution in [0.5, 0.6) is 11.8 Å². The fourth-order valence-corrected chi connectivity index (χ4v) is 2.34. The summed E-state index contributed by atoms with van der Waals surface area (Å²) in [6, 6.07) is 12.7. The van der Waals surface area contributed by atoms with Gasteiger partial charge in [0.15, 0.2) is 11.5 Å². The fraction of sp³-hybridized carbons (Fsp3) is 0.211. The number of carbonyl (C=O) groups is 1. The number of hydrogen-bond acceptors (Lipinski definition) is 8. The van der Waals surface area contributed by atoms with Crippen LogP contribution < -0.4 is 10.1 Å². The average molecular weight is 365 g/mol. The largest absolute Gasteiger partial charge is 0.461 e. The van der Waals surface area contributed by atoms with Crippen molar-refractivity contribution in [2.45, 2.75) is 20.8 Å². The maximum absolute atomic E-state index is 11.6. The first-order chi connectivity index (χ1) is 13.0. The van der Waals surface area contributed by atoms with Crippen molar-refractivity contribution in [1.82, 2.24) is 20.2 Å². The highest BCUT2D eigenvalue weighted by Crippen LogP contribution is 2.24. The number of aryl methyl sites for hydroxylation is 2. The molecular weight excluding hydrogens is 346 g/mol. The van der Waals surface area contributed by atoms with Crippen LogP contribution in [0.1, 0.15) is 28.8 Å². The van der Waals surface area contributed by atoms with E-state index in [0.29, 0.717) is 17.6 Å². The van der Waals surface area contributed by atoms with Crippen LogP contribution in [0.2, 0.25) is 0 Å². The summed E-state index contributed by atoms with van der Waals surface area (Å²) in [6.45, 7) is 5.80. The number of nitrogens with zero attached hydrogens (tertiary/aromatic N) is 4. The van der Waals surface area contributed by atoms with Crippen molar-refractivity contribution in [3.05, 3.63) is 59.5 Å². The van der Waals surface area contributed by atoms with E-state index in [4.69, 9.17) is 9.47 Å². The maximum atomic E-state index is 11.6. The Morgan fingerprint density at radius 1 is 1.04 bits per heavy atom. The second kappa shape index (κ2) is 8.22. The Bertz CT molecular complexity index is 924. The summed E-state index contributed by atoms with van der Waals surface area (Å²) >= 11 is 0. The SMILES string of the molecule is CCOC(=O)c1ccc(Nc2cccc(Oc3nc(C)cc(C)n3)c2)nn1. The number of aromatic nitrogens is 4. The molecule has 27 heavy (non-hydrogen) atoms. The summed E-state index contributed by atoms with van der Waals surface area (Å²) in [6.07, 6.45) is 0. The Hall–Kier alpha value is -3.55. The van der Waals surface area contributed by atoms with E-state index in [0.717, 1.165) is 17.1 Å². The molecule has 0 amide bonds. The van der Waals surface area contributed by atoms with Gasteiger partial charge in [0.2, 0.25) is 0 Å². The van der Waals surface area contributed by atoms with Gasteiger partial charge in [0.1, 0.15) is 5.75 Å². The summed E-state index contributed by atoms with van der Waals surface area (Å²) in [7, 11) is 0. The van der Waals surface area contributed by atoms with Crippen LogP contribution >= 0.6 is 0 Å². The molecule has 2 heterocycles. The normalized spacial score (nSPS) is 10.3. The van der Waals surface area contributed by atoms with E-state index in [2.05, 4.69) is 25.5 Å². The van der Waals surface area contributed by atoms with E-state index >= 15 is 0 Å². The molecule has 1 aromatic carbocycles. The van der Waals surface area contributed by atoms with E-state index in [1.165, 1.54) is 0 Å². The lowest BCUT2D eigenvalue weighted by atomic mass is 10.3. The molecule has 0 saturated heterocycles. The molecule has 8 heteroatoms. The Labute approximate surface area is 156 Å². The first-order valence-corrected chi connectivity index (χ1v) is 8.41. The van der Waals surface area contributed by atoms with E-state index in [1.807, 2.05) is 38.1 Å². The predicted molar refractivity (Wildman–Crippen MR) is 99.3 cm³/mol. The van der Waals surface area contributed by atoms with Crippen molar-refractivity contribution in [3.63, 3.8) is 0 Å². The molecule has 2 aromatic heterocycles. The highest BCUT2D eigenvalue weighted by molar-refractivity contribution is 5.87. The number of esters is 1. The van der Waals surface area contributed by atoms with Gasteiger partial charge < -0.3 is 14.8 Å². The lowest BCUT2D eigenvalue weighted by Gasteiger charge is -2.09. The third kappa shape index (κ3) is 4.97. The van der Waals surface area contributed by atoms with Gasteiger partial charge in [-0.25, -0.2) is 14.8 Å². The molecule has 8 nitrogen and oxygen atoms in total. The van der Waals surface area contributed by atoms with Gasteiger partial charge in [-0.05, 0) is 51.1 Å². The zero-order valence-electron chi connectivity index (χ0n) is 15.3. The average Bonchev–Trinajstić information content (AvgIpc) is 2.62. The number of nitrogens with one attached hydrogen (secondary N) is 1. The molecule has 138 valence electrons. The number of hydrogen-bond donors (Lipinski definition) is 1. The molecule has 0 bridgehead atoms. The Balaban J connectivity index is 1.71. The molecule has 0 aliphatic carbocycles. The van der Waals surface area contributed by atoms with Gasteiger partial charge >= 0.3 is 12.0 Å². The molecule has 0 unspecified atom stereocenters. The lowest BCUT2D eigenvalue weighted by Crippen LogP contribution is -2.08. The quantitative estimate of drug-likeness (QED) is 0.662. The third-order valence-electron chi connectivity index (χ3n) is 3.43. The van der Waals surface area contributed by atoms with Crippen molar-refractivity contribution in [2.75, 3.05) is 11.9 Å². The van der Waals surface area contributed by atoms with Crippen molar-refractivity contribution in [1.29, 1.82) is 0 Å². The van der Waals surface area contributed by atoms with Gasteiger partial charge in [-0.1, -0.05) is 6.07 Å². The van der Waals surface area contributed by atoms with Crippen LogP contribution in [-0.4, -0.2) is 32.7 Å². The second-order valence-electron chi connectivity index (χ2n) is 5.71. The summed E-state index contributed by atoms with van der Waals surface area (Å²) in [5, 5.41) is 11.0. The van der Waals surface area contributed by atoms with Crippen molar-refractivity contribution < 1.29 is 14.3 Å². The van der Waals surface area contributed by atoms with E-state index in [-0.39, 0.29) is 12.3 Å². The summed E-state index contributed by atoms with van der Waals surface area (Å²) < 4.78 is 10.6. The first-order valence-electron chi connectivity index (χ1n) is 8.41. The number of rotatable bonds is 6. The fourth-order valence-electron chi connectivity index (χ4n) is 2.34. The van der Waals surface area contributed by atoms with Gasteiger partial charge in [0, 0.05) is 23.1 Å². The highest BCUT2D eigenvalue weighted by Gasteiger charge is 2.09. The van der Waals surface area contributed by atoms with E-state index < -0.39 is 5.97 Å². The maximum Gasteiger partial charge on any atom is 0.358 e. The highest BCUT2D eigenvalue weighted by atomic mass is 16.5. The van der Waals surface area contributed by atoms with Gasteiger partial charge in [0.25, 0.3) is 0 Å². The molecular formula is C19H19N5O3. The first kappa shape index (κ1) is 18.2. The molecule has 0 aliphatic rings. The van der Waals surface area contributed by atoms with Crippen molar-refractivity contribution >= 4 is 17.5 Å². The predicted octanol–water partition coefficient (Wildman–Crippen LogP) is 3.60. The topological polar surface area (TPSA) is 99.1 Å². The molecule has 0 spiro atoms. The molecule has 1 N–H and O–H groups in total. The molecule has 0 aliphatic heterocycles. The minimum atomic E-state index is -0.500. The van der Waals surface area contributed by atoms with Crippen LogP contribution in [0, 0.1) is 13.8 Å². The van der Waals surface area contributed by atoms with Gasteiger partial charge in [0.05, 0.1) is 6.61 Å². The summed E-state index contributed by atoms with van der Waals surface area (Å²) in [4.78, 5) is 20.1. The standard InChI is InChI=1S/C19H19N5O3/c1-4-26-18(25)16-8-9-17(24-23-16)22-14-6-5-7-15(11-14)27-19-20-12(2)10-13(3)21-19/h5-11H,4H2,1-3H3,(H,22,24). The summed E-state index contributed by atoms with van der Waals surface area (Å²) in [5.74, 6) is 0.573. The Morgan fingerprint density at radius 3 is 2.48 bits per heavy atom. The van der Waals surface area contributed by atoms with Crippen molar-refractivity contribution in [2.24, 2.45) is 0 Å². The van der Waals surface area contributed by atoms with Crippen LogP contribution in [0.15, 0.2) is 42.5 Å². The van der Waals surface area contributed by atoms with Gasteiger partial charge in [-0.2, -0.15) is 0 Å². The van der Waals surface area contributed by atoms with Crippen LogP contribution in [0.25, 0.3) is 0 Å². The van der Waals surface area contributed by atoms with E-state index in [1.54, 1.807) is 25.1 Å². The van der Waals surface area contributed by atoms with Crippen molar-refractivity contribution in [3.8, 4) is 11.8 Å². The van der Waals surface area contributed by atoms with Crippen LogP contribution in [0.3, 0.4) is 0 Å². The smallest absolute Gasteiger partial charge is 0.358 e. The molecule has 0 saturated carbocycles. The molecule has 0 fully saturated rings. The number of benzene rings is 1. The van der Waals surface area contributed by atoms with Gasteiger partial charge in [-0.3, -0.25) is 0 Å². The van der Waals surface area contributed by atoms with Crippen LogP contribution in [0.4, 0.5) is 11.5 Å². The second-order valence-corrected chi connectivity index (χ2v) is 5.71. The molecule has 0 radical (unpaired) electrons.